The molecule has 0 N–H and O–H groups in total. The van der Waals surface area contributed by atoms with Gasteiger partial charge in [-0.25, -0.2) is 0 Å². The summed E-state index contributed by atoms with van der Waals surface area (Å²) < 4.78 is 5.52. The maximum atomic E-state index is 5.94. The van der Waals surface area contributed by atoms with E-state index in [-0.39, 0.29) is 0 Å². The van der Waals surface area contributed by atoms with Crippen molar-refractivity contribution in [2.45, 2.75) is 38.6 Å². The number of benzene rings is 1. The number of nitrogens with zero attached hydrogens (tertiary/aromatic N) is 1. The molecule has 0 saturated heterocycles. The molecule has 0 fully saturated rings. The molecule has 0 amide bonds. The highest BCUT2D eigenvalue weighted by molar-refractivity contribution is 6.18. The Balaban J connectivity index is 2.15. The highest BCUT2D eigenvalue weighted by Crippen LogP contribution is 2.31. The van der Waals surface area contributed by atoms with Crippen LogP contribution in [0.15, 0.2) is 18.2 Å². The lowest BCUT2D eigenvalue weighted by Gasteiger charge is -2.35. The fourth-order valence-electron chi connectivity index (χ4n) is 3.11. The Bertz CT molecular complexity index is 387. The standard InChI is InChI=1S/C16H24ClNO/c1-3-10-18(11-9-17)14-8-7-13-5-4-6-16(19-2)15(13)12-14/h4-6,14H,3,7-12H2,1-2H3. The summed E-state index contributed by atoms with van der Waals surface area (Å²) in [4.78, 5) is 2.54. The summed E-state index contributed by atoms with van der Waals surface area (Å²) in [6, 6.07) is 7.02. The van der Waals surface area contributed by atoms with Crippen molar-refractivity contribution in [2.24, 2.45) is 0 Å². The van der Waals surface area contributed by atoms with Crippen LogP contribution < -0.4 is 4.74 Å². The van der Waals surface area contributed by atoms with Crippen LogP contribution in [0.3, 0.4) is 0 Å². The third kappa shape index (κ3) is 3.43. The van der Waals surface area contributed by atoms with E-state index in [4.69, 9.17) is 16.3 Å². The summed E-state index contributed by atoms with van der Waals surface area (Å²) in [7, 11) is 1.77. The number of halogens is 1. The van der Waals surface area contributed by atoms with E-state index < -0.39 is 0 Å². The summed E-state index contributed by atoms with van der Waals surface area (Å²) in [6.07, 6.45) is 4.67. The van der Waals surface area contributed by atoms with Gasteiger partial charge in [0.15, 0.2) is 0 Å². The molecule has 106 valence electrons. The average molecular weight is 282 g/mol. The molecule has 0 radical (unpaired) electrons. The maximum absolute atomic E-state index is 5.94. The minimum atomic E-state index is 0.613. The van der Waals surface area contributed by atoms with E-state index in [9.17, 15) is 0 Å². The maximum Gasteiger partial charge on any atom is 0.122 e. The predicted octanol–water partition coefficient (Wildman–Crippen LogP) is 3.50. The molecule has 0 aromatic heterocycles. The zero-order valence-electron chi connectivity index (χ0n) is 12.0. The molecule has 0 bridgehead atoms. The molecule has 19 heavy (non-hydrogen) atoms. The van der Waals surface area contributed by atoms with Gasteiger partial charge in [0.05, 0.1) is 7.11 Å². The first-order valence-corrected chi connectivity index (χ1v) is 7.78. The molecule has 1 aliphatic rings. The molecule has 1 unspecified atom stereocenters. The largest absolute Gasteiger partial charge is 0.496 e. The fraction of sp³-hybridized carbons (Fsp3) is 0.625. The molecule has 0 heterocycles. The second kappa shape index (κ2) is 7.16. The van der Waals surface area contributed by atoms with Gasteiger partial charge in [0, 0.05) is 18.5 Å². The van der Waals surface area contributed by atoms with Crippen molar-refractivity contribution in [3.05, 3.63) is 29.3 Å². The number of rotatable bonds is 6. The molecule has 2 rings (SSSR count). The van der Waals surface area contributed by atoms with Crippen LogP contribution in [0.25, 0.3) is 0 Å². The van der Waals surface area contributed by atoms with E-state index in [2.05, 4.69) is 30.0 Å². The monoisotopic (exact) mass is 281 g/mol. The van der Waals surface area contributed by atoms with Gasteiger partial charge in [-0.1, -0.05) is 19.1 Å². The first-order valence-electron chi connectivity index (χ1n) is 7.25. The zero-order valence-corrected chi connectivity index (χ0v) is 12.7. The number of hydrogen-bond donors (Lipinski definition) is 0. The molecule has 1 aromatic carbocycles. The number of alkyl halides is 1. The smallest absolute Gasteiger partial charge is 0.122 e. The summed E-state index contributed by atoms with van der Waals surface area (Å²) in [6.45, 7) is 4.37. The molecule has 0 spiro atoms. The van der Waals surface area contributed by atoms with Gasteiger partial charge < -0.3 is 4.74 Å². The van der Waals surface area contributed by atoms with Crippen molar-refractivity contribution in [2.75, 3.05) is 26.1 Å². The van der Waals surface area contributed by atoms with Crippen molar-refractivity contribution in [1.82, 2.24) is 4.90 Å². The van der Waals surface area contributed by atoms with E-state index in [0.29, 0.717) is 6.04 Å². The molecule has 0 saturated carbocycles. The van der Waals surface area contributed by atoms with E-state index in [1.807, 2.05) is 0 Å². The Morgan fingerprint density at radius 2 is 2.21 bits per heavy atom. The first-order chi connectivity index (χ1) is 9.30. The lowest BCUT2D eigenvalue weighted by molar-refractivity contribution is 0.189. The van der Waals surface area contributed by atoms with Gasteiger partial charge in [-0.15, -0.1) is 11.6 Å². The highest BCUT2D eigenvalue weighted by atomic mass is 35.5. The average Bonchev–Trinajstić information content (AvgIpc) is 2.46. The van der Waals surface area contributed by atoms with Crippen LogP contribution in [0.1, 0.15) is 30.9 Å². The Morgan fingerprint density at radius 3 is 2.89 bits per heavy atom. The summed E-state index contributed by atoms with van der Waals surface area (Å²) in [5.74, 6) is 1.76. The number of hydrogen-bond acceptors (Lipinski definition) is 2. The summed E-state index contributed by atoms with van der Waals surface area (Å²) in [5.41, 5.74) is 2.86. The summed E-state index contributed by atoms with van der Waals surface area (Å²) >= 11 is 5.94. The van der Waals surface area contributed by atoms with Crippen molar-refractivity contribution in [3.8, 4) is 5.75 Å². The molecular weight excluding hydrogens is 258 g/mol. The third-order valence-electron chi connectivity index (χ3n) is 4.04. The topological polar surface area (TPSA) is 12.5 Å². The Morgan fingerprint density at radius 1 is 1.37 bits per heavy atom. The second-order valence-corrected chi connectivity index (χ2v) is 5.60. The van der Waals surface area contributed by atoms with Crippen molar-refractivity contribution in [1.29, 1.82) is 0 Å². The minimum Gasteiger partial charge on any atom is -0.496 e. The van der Waals surface area contributed by atoms with Gasteiger partial charge in [0.2, 0.25) is 0 Å². The SMILES string of the molecule is CCCN(CCCl)C1CCc2cccc(OC)c2C1. The van der Waals surface area contributed by atoms with Gasteiger partial charge in [-0.3, -0.25) is 4.90 Å². The number of methoxy groups -OCH3 is 1. The van der Waals surface area contributed by atoms with Gasteiger partial charge in [0.1, 0.15) is 5.75 Å². The lowest BCUT2D eigenvalue weighted by atomic mass is 9.86. The molecule has 2 nitrogen and oxygen atoms in total. The number of aryl methyl sites for hydroxylation is 1. The molecule has 1 aliphatic carbocycles. The lowest BCUT2D eigenvalue weighted by Crippen LogP contribution is -2.41. The zero-order chi connectivity index (χ0) is 13.7. The van der Waals surface area contributed by atoms with Crippen molar-refractivity contribution in [3.63, 3.8) is 0 Å². The fourth-order valence-corrected chi connectivity index (χ4v) is 3.33. The first kappa shape index (κ1) is 14.7. The number of fused-ring (bicyclic) bond motifs is 1. The van der Waals surface area contributed by atoms with Gasteiger partial charge in [0.25, 0.3) is 0 Å². The Kier molecular flexibility index (Phi) is 5.53. The van der Waals surface area contributed by atoms with Crippen LogP contribution >= 0.6 is 11.6 Å². The van der Waals surface area contributed by atoms with Crippen LogP contribution in [0.2, 0.25) is 0 Å². The van der Waals surface area contributed by atoms with Crippen LogP contribution in [0.4, 0.5) is 0 Å². The summed E-state index contributed by atoms with van der Waals surface area (Å²) in [5, 5.41) is 0. The van der Waals surface area contributed by atoms with Crippen LogP contribution in [-0.4, -0.2) is 37.0 Å². The van der Waals surface area contributed by atoms with Crippen molar-refractivity contribution < 1.29 is 4.74 Å². The minimum absolute atomic E-state index is 0.613. The van der Waals surface area contributed by atoms with Crippen LogP contribution in [-0.2, 0) is 12.8 Å². The predicted molar refractivity (Wildman–Crippen MR) is 81.4 cm³/mol. The van der Waals surface area contributed by atoms with Gasteiger partial charge in [-0.05, 0) is 49.4 Å². The van der Waals surface area contributed by atoms with E-state index in [0.717, 1.165) is 37.6 Å². The molecular formula is C16H24ClNO. The van der Waals surface area contributed by atoms with Crippen LogP contribution in [0.5, 0.6) is 5.75 Å². The third-order valence-corrected chi connectivity index (χ3v) is 4.20. The van der Waals surface area contributed by atoms with Gasteiger partial charge >= 0.3 is 0 Å². The molecule has 1 aromatic rings. The molecule has 1 atom stereocenters. The Labute approximate surface area is 121 Å². The highest BCUT2D eigenvalue weighted by Gasteiger charge is 2.25. The molecule has 0 aliphatic heterocycles. The van der Waals surface area contributed by atoms with Crippen LogP contribution in [0, 0.1) is 0 Å². The number of ether oxygens (including phenoxy) is 1. The normalized spacial score (nSPS) is 18.4. The van der Waals surface area contributed by atoms with E-state index >= 15 is 0 Å². The quantitative estimate of drug-likeness (QED) is 0.740. The van der Waals surface area contributed by atoms with Crippen molar-refractivity contribution >= 4 is 11.6 Å². The van der Waals surface area contributed by atoms with E-state index in [1.165, 1.54) is 24.0 Å². The van der Waals surface area contributed by atoms with E-state index in [1.54, 1.807) is 7.11 Å². The van der Waals surface area contributed by atoms with Gasteiger partial charge in [-0.2, -0.15) is 0 Å². The Hall–Kier alpha value is -0.730. The molecule has 3 heteroatoms. The second-order valence-electron chi connectivity index (χ2n) is 5.22.